The molecule has 0 N–H and O–H groups in total. The molecule has 0 aliphatic carbocycles. The zero-order valence-corrected chi connectivity index (χ0v) is 11.5. The molecule has 17 heavy (non-hydrogen) atoms. The van der Waals surface area contributed by atoms with Crippen molar-refractivity contribution >= 4 is 21.8 Å². The second-order valence-electron chi connectivity index (χ2n) is 4.34. The Morgan fingerprint density at radius 2 is 2.29 bits per heavy atom. The van der Waals surface area contributed by atoms with Crippen LogP contribution in [0.2, 0.25) is 0 Å². The molecule has 0 radical (unpaired) electrons. The Balaban J connectivity index is 2.19. The third-order valence-electron chi connectivity index (χ3n) is 2.86. The Morgan fingerprint density at radius 3 is 2.88 bits per heavy atom. The van der Waals surface area contributed by atoms with Crippen molar-refractivity contribution in [3.05, 3.63) is 0 Å². The average Bonchev–Trinajstić information content (AvgIpc) is 2.27. The first-order chi connectivity index (χ1) is 8.00. The first-order valence-corrected chi connectivity index (χ1v) is 6.70. The number of likely N-dealkylation sites (tertiary alicyclic amines) is 1. The van der Waals surface area contributed by atoms with Crippen molar-refractivity contribution in [3.63, 3.8) is 0 Å². The summed E-state index contributed by atoms with van der Waals surface area (Å²) < 4.78 is 28.3. The molecule has 3 nitrogen and oxygen atoms in total. The van der Waals surface area contributed by atoms with E-state index in [2.05, 4.69) is 22.9 Å². The summed E-state index contributed by atoms with van der Waals surface area (Å²) in [7, 11) is 0. The van der Waals surface area contributed by atoms with Gasteiger partial charge >= 0.3 is 0 Å². The van der Waals surface area contributed by atoms with E-state index >= 15 is 0 Å². The molecule has 1 amide bonds. The zero-order valence-electron chi connectivity index (χ0n) is 9.87. The smallest absolute Gasteiger partial charge is 0.261 e. The van der Waals surface area contributed by atoms with Gasteiger partial charge in [-0.3, -0.25) is 4.79 Å². The Hall–Kier alpha value is -0.230. The molecule has 0 aromatic heterocycles. The van der Waals surface area contributed by atoms with Crippen molar-refractivity contribution in [2.75, 3.05) is 26.3 Å². The van der Waals surface area contributed by atoms with Crippen molar-refractivity contribution in [2.45, 2.75) is 31.0 Å². The van der Waals surface area contributed by atoms with Crippen LogP contribution in [-0.2, 0) is 9.53 Å². The standard InChI is InChI=1S/C11H18BrF2NO2/c1-8-6-15(4-2-9(8)12)11(16)3-5-17-7-10(13)14/h8-10H,2-7H2,1H3. The third kappa shape index (κ3) is 5.29. The lowest BCUT2D eigenvalue weighted by Gasteiger charge is -2.34. The van der Waals surface area contributed by atoms with E-state index in [0.717, 1.165) is 19.5 Å². The van der Waals surface area contributed by atoms with E-state index in [1.165, 1.54) is 0 Å². The van der Waals surface area contributed by atoms with E-state index in [0.29, 0.717) is 10.7 Å². The van der Waals surface area contributed by atoms with Gasteiger partial charge in [0, 0.05) is 17.9 Å². The number of carbonyl (C=O) groups is 1. The SMILES string of the molecule is CC1CN(C(=O)CCOCC(F)F)CCC1Br. The normalized spacial score (nSPS) is 25.4. The maximum absolute atomic E-state index is 11.8. The molecule has 1 aliphatic rings. The first kappa shape index (κ1) is 14.8. The highest BCUT2D eigenvalue weighted by Gasteiger charge is 2.26. The predicted molar refractivity (Wildman–Crippen MR) is 64.5 cm³/mol. The lowest BCUT2D eigenvalue weighted by molar-refractivity contribution is -0.134. The fourth-order valence-electron chi connectivity index (χ4n) is 1.83. The highest BCUT2D eigenvalue weighted by Crippen LogP contribution is 2.23. The molecular formula is C11H18BrF2NO2. The van der Waals surface area contributed by atoms with Crippen LogP contribution in [0.3, 0.4) is 0 Å². The number of piperidine rings is 1. The summed E-state index contributed by atoms with van der Waals surface area (Å²) >= 11 is 3.56. The molecule has 2 atom stereocenters. The van der Waals surface area contributed by atoms with Crippen LogP contribution in [0.4, 0.5) is 8.78 Å². The highest BCUT2D eigenvalue weighted by molar-refractivity contribution is 9.09. The maximum atomic E-state index is 11.8. The van der Waals surface area contributed by atoms with Crippen LogP contribution >= 0.6 is 15.9 Å². The minimum atomic E-state index is -2.46. The van der Waals surface area contributed by atoms with Gasteiger partial charge in [-0.05, 0) is 12.3 Å². The minimum Gasteiger partial charge on any atom is -0.375 e. The Labute approximate surface area is 109 Å². The molecule has 0 saturated carbocycles. The summed E-state index contributed by atoms with van der Waals surface area (Å²) in [5, 5.41) is 0. The van der Waals surface area contributed by atoms with Crippen LogP contribution in [0.5, 0.6) is 0 Å². The van der Waals surface area contributed by atoms with Crippen LogP contribution in [0, 0.1) is 5.92 Å². The molecule has 0 aromatic carbocycles. The number of halogens is 3. The fraction of sp³-hybridized carbons (Fsp3) is 0.909. The van der Waals surface area contributed by atoms with E-state index in [1.807, 2.05) is 0 Å². The summed E-state index contributed by atoms with van der Waals surface area (Å²) in [6.45, 7) is 3.03. The van der Waals surface area contributed by atoms with E-state index in [1.54, 1.807) is 4.90 Å². The number of hydrogen-bond acceptors (Lipinski definition) is 2. The van der Waals surface area contributed by atoms with Gasteiger partial charge in [-0.15, -0.1) is 0 Å². The molecule has 0 spiro atoms. The van der Waals surface area contributed by atoms with Crippen molar-refractivity contribution < 1.29 is 18.3 Å². The third-order valence-corrected chi connectivity index (χ3v) is 4.22. The summed E-state index contributed by atoms with van der Waals surface area (Å²) in [5.41, 5.74) is 0. The first-order valence-electron chi connectivity index (χ1n) is 5.78. The zero-order chi connectivity index (χ0) is 12.8. The Morgan fingerprint density at radius 1 is 1.59 bits per heavy atom. The lowest BCUT2D eigenvalue weighted by atomic mass is 10.00. The van der Waals surface area contributed by atoms with Crippen LogP contribution in [0.25, 0.3) is 0 Å². The number of nitrogens with zero attached hydrogens (tertiary/aromatic N) is 1. The number of rotatable bonds is 5. The Bertz CT molecular complexity index is 254. The average molecular weight is 314 g/mol. The van der Waals surface area contributed by atoms with Gasteiger partial charge in [0.2, 0.25) is 5.91 Å². The van der Waals surface area contributed by atoms with Crippen molar-refractivity contribution in [2.24, 2.45) is 5.92 Å². The van der Waals surface area contributed by atoms with Gasteiger partial charge in [-0.1, -0.05) is 22.9 Å². The van der Waals surface area contributed by atoms with E-state index < -0.39 is 13.0 Å². The number of hydrogen-bond donors (Lipinski definition) is 0. The topological polar surface area (TPSA) is 29.5 Å². The largest absolute Gasteiger partial charge is 0.375 e. The lowest BCUT2D eigenvalue weighted by Crippen LogP contribution is -2.43. The predicted octanol–water partition coefficient (Wildman–Crippen LogP) is 2.29. The molecule has 1 aliphatic heterocycles. The monoisotopic (exact) mass is 313 g/mol. The van der Waals surface area contributed by atoms with E-state index in [-0.39, 0.29) is 18.9 Å². The van der Waals surface area contributed by atoms with Crippen LogP contribution < -0.4 is 0 Å². The molecule has 0 aromatic rings. The van der Waals surface area contributed by atoms with Crippen molar-refractivity contribution in [1.82, 2.24) is 4.90 Å². The van der Waals surface area contributed by atoms with Gasteiger partial charge in [0.15, 0.2) is 0 Å². The molecule has 0 bridgehead atoms. The molecule has 6 heteroatoms. The van der Waals surface area contributed by atoms with Crippen molar-refractivity contribution in [1.29, 1.82) is 0 Å². The Kier molecular flexibility index (Phi) is 6.33. The molecule has 1 fully saturated rings. The number of carbonyl (C=O) groups excluding carboxylic acids is 1. The van der Waals surface area contributed by atoms with Gasteiger partial charge in [0.25, 0.3) is 6.43 Å². The quantitative estimate of drug-likeness (QED) is 0.576. The number of ether oxygens (including phenoxy) is 1. The minimum absolute atomic E-state index is 0.00878. The number of amides is 1. The van der Waals surface area contributed by atoms with Gasteiger partial charge in [0.05, 0.1) is 13.0 Å². The molecule has 1 rings (SSSR count). The van der Waals surface area contributed by atoms with E-state index in [4.69, 9.17) is 4.74 Å². The summed E-state index contributed by atoms with van der Waals surface area (Å²) in [5.74, 6) is 0.417. The molecule has 1 saturated heterocycles. The number of alkyl halides is 3. The summed E-state index contributed by atoms with van der Waals surface area (Å²) in [6.07, 6.45) is -1.34. The van der Waals surface area contributed by atoms with Gasteiger partial charge in [-0.25, -0.2) is 8.78 Å². The summed E-state index contributed by atoms with van der Waals surface area (Å²) in [6, 6.07) is 0. The maximum Gasteiger partial charge on any atom is 0.261 e. The van der Waals surface area contributed by atoms with Crippen LogP contribution in [0.1, 0.15) is 19.8 Å². The molecular weight excluding hydrogens is 296 g/mol. The molecule has 100 valence electrons. The second-order valence-corrected chi connectivity index (χ2v) is 5.51. The van der Waals surface area contributed by atoms with Crippen LogP contribution in [0.15, 0.2) is 0 Å². The van der Waals surface area contributed by atoms with Crippen LogP contribution in [-0.4, -0.2) is 48.4 Å². The second kappa shape index (κ2) is 7.26. The highest BCUT2D eigenvalue weighted by atomic mass is 79.9. The molecule has 1 heterocycles. The summed E-state index contributed by atoms with van der Waals surface area (Å²) in [4.78, 5) is 14.0. The molecule has 2 unspecified atom stereocenters. The van der Waals surface area contributed by atoms with Gasteiger partial charge in [0.1, 0.15) is 6.61 Å². The van der Waals surface area contributed by atoms with Gasteiger partial charge < -0.3 is 9.64 Å². The van der Waals surface area contributed by atoms with Crippen molar-refractivity contribution in [3.8, 4) is 0 Å². The van der Waals surface area contributed by atoms with Gasteiger partial charge in [-0.2, -0.15) is 0 Å². The fourth-order valence-corrected chi connectivity index (χ4v) is 2.21. The van der Waals surface area contributed by atoms with E-state index in [9.17, 15) is 13.6 Å².